The van der Waals surface area contributed by atoms with Crippen LogP contribution < -0.4 is 4.74 Å². The highest BCUT2D eigenvalue weighted by atomic mass is 16.5. The predicted molar refractivity (Wildman–Crippen MR) is 83.8 cm³/mol. The van der Waals surface area contributed by atoms with E-state index in [4.69, 9.17) is 9.84 Å². The van der Waals surface area contributed by atoms with Gasteiger partial charge in [-0.05, 0) is 23.8 Å². The van der Waals surface area contributed by atoms with Gasteiger partial charge in [-0.2, -0.15) is 5.26 Å². The monoisotopic (exact) mass is 320 g/mol. The van der Waals surface area contributed by atoms with Gasteiger partial charge in [0.25, 0.3) is 0 Å². The lowest BCUT2D eigenvalue weighted by Gasteiger charge is -2.09. The Morgan fingerprint density at radius 2 is 2.04 bits per heavy atom. The van der Waals surface area contributed by atoms with Crippen molar-refractivity contribution >= 4 is 5.97 Å². The Balaban J connectivity index is 1.82. The number of hydrogen-bond acceptors (Lipinski definition) is 5. The first-order valence-corrected chi connectivity index (χ1v) is 7.04. The van der Waals surface area contributed by atoms with E-state index in [0.717, 1.165) is 5.56 Å². The van der Waals surface area contributed by atoms with Gasteiger partial charge in [0.15, 0.2) is 5.69 Å². The number of ether oxygens (including phenoxy) is 1. The molecule has 7 nitrogen and oxygen atoms in total. The molecule has 24 heavy (non-hydrogen) atoms. The molecule has 1 N–H and O–H groups in total. The average molecular weight is 320 g/mol. The van der Waals surface area contributed by atoms with Gasteiger partial charge in [0.05, 0.1) is 17.4 Å². The summed E-state index contributed by atoms with van der Waals surface area (Å²) in [5.41, 5.74) is 1.68. The minimum Gasteiger partial charge on any atom is -0.488 e. The van der Waals surface area contributed by atoms with Crippen LogP contribution in [0, 0.1) is 11.3 Å². The van der Waals surface area contributed by atoms with E-state index in [1.54, 1.807) is 18.2 Å². The summed E-state index contributed by atoms with van der Waals surface area (Å²) < 4.78 is 6.98. The van der Waals surface area contributed by atoms with Crippen LogP contribution in [0.15, 0.2) is 54.7 Å². The fourth-order valence-corrected chi connectivity index (χ4v) is 2.10. The lowest BCUT2D eigenvalue weighted by Crippen LogP contribution is -2.00. The van der Waals surface area contributed by atoms with Crippen molar-refractivity contribution < 1.29 is 14.6 Å². The van der Waals surface area contributed by atoms with Crippen molar-refractivity contribution in [2.45, 2.75) is 6.61 Å². The molecule has 1 heterocycles. The first-order chi connectivity index (χ1) is 11.7. The van der Waals surface area contributed by atoms with E-state index in [1.165, 1.54) is 10.9 Å². The lowest BCUT2D eigenvalue weighted by molar-refractivity contribution is 0.0690. The molecule has 3 rings (SSSR count). The zero-order valence-electron chi connectivity index (χ0n) is 12.5. The van der Waals surface area contributed by atoms with Gasteiger partial charge in [-0.3, -0.25) is 0 Å². The van der Waals surface area contributed by atoms with E-state index in [0.29, 0.717) is 23.6 Å². The first kappa shape index (κ1) is 15.2. The summed E-state index contributed by atoms with van der Waals surface area (Å²) in [6.45, 7) is 0.349. The SMILES string of the molecule is N#Cc1cc(-n2cc(C(=O)O)nn2)ccc1OCc1ccccc1. The maximum absolute atomic E-state index is 10.9. The molecule has 0 atom stereocenters. The Kier molecular flexibility index (Phi) is 4.21. The normalized spacial score (nSPS) is 10.1. The number of nitriles is 1. The van der Waals surface area contributed by atoms with E-state index >= 15 is 0 Å². The average Bonchev–Trinajstić information content (AvgIpc) is 3.11. The second kappa shape index (κ2) is 6.62. The molecule has 0 aliphatic carbocycles. The third-order valence-corrected chi connectivity index (χ3v) is 3.30. The highest BCUT2D eigenvalue weighted by molar-refractivity contribution is 5.84. The van der Waals surface area contributed by atoms with Gasteiger partial charge >= 0.3 is 5.97 Å². The molecule has 0 radical (unpaired) electrons. The van der Waals surface area contributed by atoms with Gasteiger partial charge < -0.3 is 9.84 Å². The summed E-state index contributed by atoms with van der Waals surface area (Å²) in [6.07, 6.45) is 1.28. The summed E-state index contributed by atoms with van der Waals surface area (Å²) in [4.78, 5) is 10.9. The molecule has 0 aliphatic heterocycles. The Morgan fingerprint density at radius 1 is 1.25 bits per heavy atom. The molecule has 2 aromatic carbocycles. The van der Waals surface area contributed by atoms with Gasteiger partial charge in [-0.1, -0.05) is 35.5 Å². The van der Waals surface area contributed by atoms with Crippen LogP contribution in [0.1, 0.15) is 21.6 Å². The van der Waals surface area contributed by atoms with Crippen molar-refractivity contribution in [1.29, 1.82) is 5.26 Å². The second-order valence-corrected chi connectivity index (χ2v) is 4.92. The van der Waals surface area contributed by atoms with Crippen LogP contribution in [-0.4, -0.2) is 26.1 Å². The Hall–Kier alpha value is -3.66. The maximum atomic E-state index is 10.9. The smallest absolute Gasteiger partial charge is 0.358 e. The van der Waals surface area contributed by atoms with Crippen LogP contribution >= 0.6 is 0 Å². The fraction of sp³-hybridized carbons (Fsp3) is 0.0588. The zero-order chi connectivity index (χ0) is 16.9. The van der Waals surface area contributed by atoms with Crippen LogP contribution in [0.2, 0.25) is 0 Å². The molecular weight excluding hydrogens is 308 g/mol. The van der Waals surface area contributed by atoms with E-state index in [2.05, 4.69) is 16.4 Å². The van der Waals surface area contributed by atoms with Crippen LogP contribution in [-0.2, 0) is 6.61 Å². The number of carbonyl (C=O) groups is 1. The second-order valence-electron chi connectivity index (χ2n) is 4.92. The van der Waals surface area contributed by atoms with Crippen molar-refractivity contribution in [3.05, 3.63) is 71.5 Å². The van der Waals surface area contributed by atoms with Crippen molar-refractivity contribution in [2.24, 2.45) is 0 Å². The van der Waals surface area contributed by atoms with Crippen LogP contribution in [0.3, 0.4) is 0 Å². The maximum Gasteiger partial charge on any atom is 0.358 e. The summed E-state index contributed by atoms with van der Waals surface area (Å²) in [6, 6.07) is 16.6. The fourth-order valence-electron chi connectivity index (χ4n) is 2.10. The van der Waals surface area contributed by atoms with Crippen LogP contribution in [0.5, 0.6) is 5.75 Å². The minimum atomic E-state index is -1.16. The van der Waals surface area contributed by atoms with E-state index in [-0.39, 0.29) is 5.69 Å². The molecule has 118 valence electrons. The van der Waals surface area contributed by atoms with Crippen molar-refractivity contribution in [3.8, 4) is 17.5 Å². The first-order valence-electron chi connectivity index (χ1n) is 7.04. The van der Waals surface area contributed by atoms with Crippen LogP contribution in [0.25, 0.3) is 5.69 Å². The molecule has 0 fully saturated rings. The Labute approximate surface area is 137 Å². The number of rotatable bonds is 5. The van der Waals surface area contributed by atoms with Gasteiger partial charge in [0, 0.05) is 0 Å². The molecule has 0 bridgehead atoms. The van der Waals surface area contributed by atoms with Gasteiger partial charge in [0.1, 0.15) is 18.4 Å². The Morgan fingerprint density at radius 3 is 2.71 bits per heavy atom. The van der Waals surface area contributed by atoms with E-state index in [1.807, 2.05) is 30.3 Å². The van der Waals surface area contributed by atoms with Crippen LogP contribution in [0.4, 0.5) is 0 Å². The molecule has 0 amide bonds. The third kappa shape index (κ3) is 3.23. The third-order valence-electron chi connectivity index (χ3n) is 3.30. The van der Waals surface area contributed by atoms with Gasteiger partial charge in [-0.25, -0.2) is 9.48 Å². The number of hydrogen-bond donors (Lipinski definition) is 1. The molecule has 0 unspecified atom stereocenters. The zero-order valence-corrected chi connectivity index (χ0v) is 12.5. The van der Waals surface area contributed by atoms with Gasteiger partial charge in [0.2, 0.25) is 0 Å². The predicted octanol–water partition coefficient (Wildman–Crippen LogP) is 2.42. The number of benzene rings is 2. The number of aromatic carboxylic acids is 1. The molecular formula is C17H12N4O3. The highest BCUT2D eigenvalue weighted by Crippen LogP contribution is 2.22. The van der Waals surface area contributed by atoms with Crippen molar-refractivity contribution in [3.63, 3.8) is 0 Å². The molecule has 7 heteroatoms. The van der Waals surface area contributed by atoms with Crippen molar-refractivity contribution in [1.82, 2.24) is 15.0 Å². The molecule has 0 saturated heterocycles. The number of carboxylic acids is 1. The highest BCUT2D eigenvalue weighted by Gasteiger charge is 2.11. The van der Waals surface area contributed by atoms with Gasteiger partial charge in [-0.15, -0.1) is 5.10 Å². The largest absolute Gasteiger partial charge is 0.488 e. The molecule has 0 saturated carbocycles. The quantitative estimate of drug-likeness (QED) is 0.774. The standard InChI is InChI=1S/C17H12N4O3/c18-9-13-8-14(21-10-15(17(22)23)19-20-21)6-7-16(13)24-11-12-4-2-1-3-5-12/h1-8,10H,11H2,(H,22,23). The summed E-state index contributed by atoms with van der Waals surface area (Å²) in [5.74, 6) is -0.715. The number of carboxylic acid groups (broad SMARTS) is 1. The molecule has 3 aromatic rings. The molecule has 0 spiro atoms. The topological polar surface area (TPSA) is 101 Å². The van der Waals surface area contributed by atoms with E-state index < -0.39 is 5.97 Å². The summed E-state index contributed by atoms with van der Waals surface area (Å²) in [5, 5.41) is 25.5. The number of nitrogens with zero attached hydrogens (tertiary/aromatic N) is 4. The van der Waals surface area contributed by atoms with Crippen molar-refractivity contribution in [2.75, 3.05) is 0 Å². The Bertz CT molecular complexity index is 913. The molecule has 0 aliphatic rings. The molecule has 1 aromatic heterocycles. The lowest BCUT2D eigenvalue weighted by atomic mass is 10.2. The summed E-state index contributed by atoms with van der Waals surface area (Å²) >= 11 is 0. The summed E-state index contributed by atoms with van der Waals surface area (Å²) in [7, 11) is 0. The van der Waals surface area contributed by atoms with E-state index in [9.17, 15) is 10.1 Å². The minimum absolute atomic E-state index is 0.169. The number of aromatic nitrogens is 3.